The molecular weight excluding hydrogens is 354 g/mol. The van der Waals surface area contributed by atoms with Gasteiger partial charge in [-0.3, -0.25) is 0 Å². The lowest BCUT2D eigenvalue weighted by molar-refractivity contribution is 0.742. The first-order valence-corrected chi connectivity index (χ1v) is 7.85. The predicted octanol–water partition coefficient (Wildman–Crippen LogP) is 3.54. The number of anilines is 1. The van der Waals surface area contributed by atoms with E-state index in [-0.39, 0.29) is 0 Å². The van der Waals surface area contributed by atoms with Crippen LogP contribution in [0.5, 0.6) is 0 Å². The van der Waals surface area contributed by atoms with Crippen LogP contribution < -0.4 is 4.90 Å². The summed E-state index contributed by atoms with van der Waals surface area (Å²) in [4.78, 5) is 3.41. The van der Waals surface area contributed by atoms with E-state index in [0.29, 0.717) is 18.1 Å². The molecule has 0 bridgehead atoms. The summed E-state index contributed by atoms with van der Waals surface area (Å²) in [5.74, 6) is 0.569. The van der Waals surface area contributed by atoms with Crippen molar-refractivity contribution in [3.8, 4) is 11.8 Å². The first-order valence-electron chi connectivity index (χ1n) is 7.06. The fourth-order valence-corrected chi connectivity index (χ4v) is 2.51. The molecule has 3 rings (SSSR count). The summed E-state index contributed by atoms with van der Waals surface area (Å²) in [6.07, 6.45) is 0. The van der Waals surface area contributed by atoms with Crippen LogP contribution in [0.2, 0.25) is 0 Å². The molecule has 114 valence electrons. The molecule has 0 radical (unpaired) electrons. The van der Waals surface area contributed by atoms with Crippen molar-refractivity contribution in [2.24, 2.45) is 0 Å². The zero-order chi connectivity index (χ0) is 16.2. The van der Waals surface area contributed by atoms with Gasteiger partial charge in [0.05, 0.1) is 5.69 Å². The van der Waals surface area contributed by atoms with Crippen LogP contribution in [-0.4, -0.2) is 22.0 Å². The van der Waals surface area contributed by atoms with E-state index in [1.54, 1.807) is 0 Å². The molecule has 0 amide bonds. The molecule has 2 aromatic carbocycles. The Bertz CT molecular complexity index is 834. The molecule has 0 saturated heterocycles. The summed E-state index contributed by atoms with van der Waals surface area (Å²) in [5, 5.41) is 18.1. The standard InChI is InChI=1S/C17H14BrN5/c1-22(12-13-5-3-2-4-6-13)17-16(11-19)20-23(21-17)15-9-7-14(18)8-10-15/h2-10H,12H2,1H3. The molecule has 0 unspecified atom stereocenters. The molecule has 0 aliphatic rings. The molecule has 0 aliphatic heterocycles. The van der Waals surface area contributed by atoms with Gasteiger partial charge >= 0.3 is 0 Å². The fourth-order valence-electron chi connectivity index (χ4n) is 2.25. The van der Waals surface area contributed by atoms with Gasteiger partial charge in [-0.1, -0.05) is 46.3 Å². The zero-order valence-corrected chi connectivity index (χ0v) is 14.1. The van der Waals surface area contributed by atoms with Crippen LogP contribution in [0.4, 0.5) is 5.82 Å². The average molecular weight is 368 g/mol. The van der Waals surface area contributed by atoms with Crippen LogP contribution in [0.25, 0.3) is 5.69 Å². The molecule has 3 aromatic rings. The number of aromatic nitrogens is 3. The molecule has 0 spiro atoms. The number of hydrogen-bond donors (Lipinski definition) is 0. The monoisotopic (exact) mass is 367 g/mol. The third-order valence-corrected chi connectivity index (χ3v) is 3.91. The summed E-state index contributed by atoms with van der Waals surface area (Å²) < 4.78 is 0.982. The third kappa shape index (κ3) is 3.41. The first-order chi connectivity index (χ1) is 11.2. The second-order valence-corrected chi connectivity index (χ2v) is 6.01. The van der Waals surface area contributed by atoms with Gasteiger partial charge in [0.1, 0.15) is 6.07 Å². The largest absolute Gasteiger partial charge is 0.351 e. The van der Waals surface area contributed by atoms with Crippen LogP contribution >= 0.6 is 15.9 Å². The van der Waals surface area contributed by atoms with Gasteiger partial charge in [0, 0.05) is 18.1 Å². The van der Waals surface area contributed by atoms with Gasteiger partial charge in [0.15, 0.2) is 5.82 Å². The van der Waals surface area contributed by atoms with E-state index in [1.807, 2.05) is 66.5 Å². The number of benzene rings is 2. The molecule has 6 heteroatoms. The minimum atomic E-state index is 0.311. The van der Waals surface area contributed by atoms with E-state index in [9.17, 15) is 5.26 Å². The maximum absolute atomic E-state index is 9.34. The van der Waals surface area contributed by atoms with Crippen molar-refractivity contribution in [3.63, 3.8) is 0 Å². The van der Waals surface area contributed by atoms with Gasteiger partial charge in [-0.25, -0.2) is 0 Å². The highest BCUT2D eigenvalue weighted by Crippen LogP contribution is 2.19. The fraction of sp³-hybridized carbons (Fsp3) is 0.118. The summed E-state index contributed by atoms with van der Waals surface area (Å²) in [6.45, 7) is 0.661. The summed E-state index contributed by atoms with van der Waals surface area (Å²) in [7, 11) is 1.91. The Kier molecular flexibility index (Phi) is 4.40. The summed E-state index contributed by atoms with van der Waals surface area (Å²) >= 11 is 3.40. The lowest BCUT2D eigenvalue weighted by Crippen LogP contribution is -2.18. The number of rotatable bonds is 4. The van der Waals surface area contributed by atoms with Gasteiger partial charge < -0.3 is 4.90 Å². The SMILES string of the molecule is CN(Cc1ccccc1)c1nn(-c2ccc(Br)cc2)nc1C#N. The maximum atomic E-state index is 9.34. The Morgan fingerprint density at radius 1 is 1.09 bits per heavy atom. The normalized spacial score (nSPS) is 10.3. The molecule has 5 nitrogen and oxygen atoms in total. The van der Waals surface area contributed by atoms with Gasteiger partial charge in [-0.2, -0.15) is 5.26 Å². The molecule has 23 heavy (non-hydrogen) atoms. The average Bonchev–Trinajstić information content (AvgIpc) is 3.01. The van der Waals surface area contributed by atoms with Crippen molar-refractivity contribution in [3.05, 3.63) is 70.3 Å². The number of halogens is 1. The first kappa shape index (κ1) is 15.3. The lowest BCUT2D eigenvalue weighted by atomic mass is 10.2. The second kappa shape index (κ2) is 6.63. The Hall–Kier alpha value is -2.65. The van der Waals surface area contributed by atoms with Crippen LogP contribution in [0.15, 0.2) is 59.1 Å². The van der Waals surface area contributed by atoms with E-state index >= 15 is 0 Å². The van der Waals surface area contributed by atoms with E-state index in [2.05, 4.69) is 32.2 Å². The van der Waals surface area contributed by atoms with E-state index in [0.717, 1.165) is 15.7 Å². The van der Waals surface area contributed by atoms with Gasteiger partial charge in [0.25, 0.3) is 0 Å². The quantitative estimate of drug-likeness (QED) is 0.707. The molecule has 0 saturated carbocycles. The molecule has 1 heterocycles. The highest BCUT2D eigenvalue weighted by atomic mass is 79.9. The second-order valence-electron chi connectivity index (χ2n) is 5.09. The number of hydrogen-bond acceptors (Lipinski definition) is 4. The molecule has 0 fully saturated rings. The van der Waals surface area contributed by atoms with E-state index < -0.39 is 0 Å². The number of nitriles is 1. The smallest absolute Gasteiger partial charge is 0.207 e. The van der Waals surface area contributed by atoms with Crippen molar-refractivity contribution >= 4 is 21.7 Å². The van der Waals surface area contributed by atoms with Crippen molar-refractivity contribution in [2.45, 2.75) is 6.54 Å². The Labute approximate surface area is 142 Å². The van der Waals surface area contributed by atoms with Gasteiger partial charge in [0.2, 0.25) is 5.69 Å². The summed E-state index contributed by atoms with van der Waals surface area (Å²) in [6, 6.07) is 19.8. The van der Waals surface area contributed by atoms with Crippen molar-refractivity contribution in [1.82, 2.24) is 15.0 Å². The molecule has 0 N–H and O–H groups in total. The third-order valence-electron chi connectivity index (χ3n) is 3.38. The highest BCUT2D eigenvalue weighted by Gasteiger charge is 2.16. The van der Waals surface area contributed by atoms with Gasteiger partial charge in [-0.15, -0.1) is 15.0 Å². The maximum Gasteiger partial charge on any atom is 0.207 e. The van der Waals surface area contributed by atoms with Gasteiger partial charge in [-0.05, 0) is 29.8 Å². The molecular formula is C17H14BrN5. The summed E-state index contributed by atoms with van der Waals surface area (Å²) in [5.41, 5.74) is 2.27. The molecule has 0 aliphatic carbocycles. The Balaban J connectivity index is 1.90. The van der Waals surface area contributed by atoms with E-state index in [4.69, 9.17) is 0 Å². The van der Waals surface area contributed by atoms with Crippen LogP contribution in [0, 0.1) is 11.3 Å². The highest BCUT2D eigenvalue weighted by molar-refractivity contribution is 9.10. The molecule has 1 aromatic heterocycles. The van der Waals surface area contributed by atoms with Crippen molar-refractivity contribution in [2.75, 3.05) is 11.9 Å². The minimum absolute atomic E-state index is 0.311. The van der Waals surface area contributed by atoms with Crippen LogP contribution in [0.3, 0.4) is 0 Å². The zero-order valence-electron chi connectivity index (χ0n) is 12.5. The minimum Gasteiger partial charge on any atom is -0.351 e. The van der Waals surface area contributed by atoms with E-state index in [1.165, 1.54) is 4.80 Å². The Morgan fingerprint density at radius 2 is 1.78 bits per heavy atom. The Morgan fingerprint density at radius 3 is 2.43 bits per heavy atom. The predicted molar refractivity (Wildman–Crippen MR) is 92.3 cm³/mol. The molecule has 0 atom stereocenters. The van der Waals surface area contributed by atoms with Crippen molar-refractivity contribution in [1.29, 1.82) is 5.26 Å². The van der Waals surface area contributed by atoms with Crippen LogP contribution in [0.1, 0.15) is 11.3 Å². The lowest BCUT2D eigenvalue weighted by Gasteiger charge is -2.15. The van der Waals surface area contributed by atoms with Crippen LogP contribution in [-0.2, 0) is 6.54 Å². The topological polar surface area (TPSA) is 57.7 Å². The van der Waals surface area contributed by atoms with Crippen molar-refractivity contribution < 1.29 is 0 Å². The number of nitrogens with zero attached hydrogens (tertiary/aromatic N) is 5.